The summed E-state index contributed by atoms with van der Waals surface area (Å²) in [6.45, 7) is 3.94. The van der Waals surface area contributed by atoms with Crippen LogP contribution in [0, 0.1) is 0 Å². The van der Waals surface area contributed by atoms with Gasteiger partial charge >= 0.3 is 0 Å². The zero-order chi connectivity index (χ0) is 23.0. The fraction of sp³-hybridized carbons (Fsp3) is 0.346. The number of hydrogen-bond donors (Lipinski definition) is 1. The molecule has 0 radical (unpaired) electrons. The number of ether oxygens (including phenoxy) is 3. The van der Waals surface area contributed by atoms with E-state index in [-0.39, 0.29) is 11.4 Å². The van der Waals surface area contributed by atoms with Crippen LogP contribution in [0.3, 0.4) is 0 Å². The molecule has 172 valence electrons. The highest BCUT2D eigenvalue weighted by molar-refractivity contribution is 5.95. The molecular formula is C26H29N3O4. The van der Waals surface area contributed by atoms with Crippen molar-refractivity contribution in [1.29, 1.82) is 0 Å². The maximum Gasteiger partial charge on any atom is 0.253 e. The Kier molecular flexibility index (Phi) is 5.40. The molecule has 33 heavy (non-hydrogen) atoms. The lowest BCUT2D eigenvalue weighted by Crippen LogP contribution is -2.51. The molecule has 0 unspecified atom stereocenters. The molecule has 7 nitrogen and oxygen atoms in total. The van der Waals surface area contributed by atoms with E-state index >= 15 is 0 Å². The van der Waals surface area contributed by atoms with E-state index < -0.39 is 0 Å². The van der Waals surface area contributed by atoms with Crippen LogP contribution in [0.15, 0.2) is 54.7 Å². The van der Waals surface area contributed by atoms with Crippen LogP contribution in [0.2, 0.25) is 0 Å². The van der Waals surface area contributed by atoms with Crippen LogP contribution in [0.1, 0.15) is 35.8 Å². The Balaban J connectivity index is 1.38. The predicted molar refractivity (Wildman–Crippen MR) is 127 cm³/mol. The summed E-state index contributed by atoms with van der Waals surface area (Å²) in [5.74, 6) is 2.04. The van der Waals surface area contributed by atoms with Crippen molar-refractivity contribution in [3.05, 3.63) is 66.0 Å². The van der Waals surface area contributed by atoms with Crippen LogP contribution in [0.4, 0.5) is 5.69 Å². The minimum absolute atomic E-state index is 0.0102. The first-order valence-corrected chi connectivity index (χ1v) is 11.3. The number of anilines is 1. The number of likely N-dealkylation sites (tertiary alicyclic amines) is 1. The molecule has 0 saturated carbocycles. The molecule has 0 bridgehead atoms. The molecule has 0 atom stereocenters. The number of hydrogen-bond acceptors (Lipinski definition) is 5. The molecule has 2 aromatic carbocycles. The van der Waals surface area contributed by atoms with Gasteiger partial charge < -0.3 is 29.0 Å². The minimum atomic E-state index is -0.226. The van der Waals surface area contributed by atoms with Crippen molar-refractivity contribution in [1.82, 2.24) is 9.47 Å². The van der Waals surface area contributed by atoms with E-state index in [2.05, 4.69) is 40.3 Å². The number of fused-ring (bicyclic) bond motifs is 4. The van der Waals surface area contributed by atoms with Gasteiger partial charge in [0.1, 0.15) is 5.75 Å². The Morgan fingerprint density at radius 1 is 1.03 bits per heavy atom. The Bertz CT molecular complexity index is 1180. The number of amides is 1. The summed E-state index contributed by atoms with van der Waals surface area (Å²) >= 11 is 0. The van der Waals surface area contributed by atoms with Crippen molar-refractivity contribution in [3.63, 3.8) is 0 Å². The van der Waals surface area contributed by atoms with E-state index in [0.29, 0.717) is 36.8 Å². The van der Waals surface area contributed by atoms with Crippen LogP contribution in [0.25, 0.3) is 5.69 Å². The second kappa shape index (κ2) is 8.39. The molecule has 3 aromatic rings. The molecule has 0 aliphatic carbocycles. The zero-order valence-corrected chi connectivity index (χ0v) is 19.3. The first-order valence-electron chi connectivity index (χ1n) is 11.3. The van der Waals surface area contributed by atoms with Gasteiger partial charge in [-0.05, 0) is 62.2 Å². The van der Waals surface area contributed by atoms with Crippen molar-refractivity contribution in [3.8, 4) is 22.9 Å². The van der Waals surface area contributed by atoms with Crippen LogP contribution in [0.5, 0.6) is 17.2 Å². The van der Waals surface area contributed by atoms with Crippen molar-refractivity contribution < 1.29 is 19.0 Å². The van der Waals surface area contributed by atoms with Gasteiger partial charge in [0.15, 0.2) is 11.5 Å². The molecule has 1 aromatic heterocycles. The maximum atomic E-state index is 13.2. The van der Waals surface area contributed by atoms with E-state index in [1.807, 2.05) is 17.9 Å². The highest BCUT2D eigenvalue weighted by Gasteiger charge is 2.42. The number of piperidine rings is 1. The topological polar surface area (TPSA) is 65.0 Å². The SMILES string of the molecule is CCOc1ccc2c(c1)NC1(CCN(C(=O)c3ccc(OC)c(OC)c3)CC1)c1cccn1-2. The minimum Gasteiger partial charge on any atom is -0.494 e. The van der Waals surface area contributed by atoms with Crippen LogP contribution in [-0.2, 0) is 5.54 Å². The monoisotopic (exact) mass is 447 g/mol. The average molecular weight is 448 g/mol. The lowest BCUT2D eigenvalue weighted by Gasteiger charge is -2.46. The Labute approximate surface area is 193 Å². The molecular weight excluding hydrogens is 418 g/mol. The molecule has 5 rings (SSSR count). The second-order valence-electron chi connectivity index (χ2n) is 8.44. The molecule has 1 spiro atoms. The summed E-state index contributed by atoms with van der Waals surface area (Å²) in [7, 11) is 3.17. The quantitative estimate of drug-likeness (QED) is 0.626. The van der Waals surface area contributed by atoms with Crippen molar-refractivity contribution in [2.45, 2.75) is 25.3 Å². The van der Waals surface area contributed by atoms with Crippen LogP contribution >= 0.6 is 0 Å². The molecule has 1 amide bonds. The second-order valence-corrected chi connectivity index (χ2v) is 8.44. The number of methoxy groups -OCH3 is 2. The van der Waals surface area contributed by atoms with E-state index in [1.54, 1.807) is 32.4 Å². The molecule has 1 saturated heterocycles. The molecule has 3 heterocycles. The van der Waals surface area contributed by atoms with Gasteiger partial charge in [-0.1, -0.05) is 0 Å². The first-order chi connectivity index (χ1) is 16.1. The fourth-order valence-electron chi connectivity index (χ4n) is 5.01. The summed E-state index contributed by atoms with van der Waals surface area (Å²) in [5.41, 5.74) is 3.79. The summed E-state index contributed by atoms with van der Waals surface area (Å²) < 4.78 is 18.7. The van der Waals surface area contributed by atoms with Crippen LogP contribution < -0.4 is 19.5 Å². The highest BCUT2D eigenvalue weighted by atomic mass is 16.5. The third-order valence-corrected chi connectivity index (χ3v) is 6.69. The van der Waals surface area contributed by atoms with Crippen LogP contribution in [-0.4, -0.2) is 49.3 Å². The summed E-state index contributed by atoms with van der Waals surface area (Å²) in [6.07, 6.45) is 3.74. The van der Waals surface area contributed by atoms with Gasteiger partial charge in [-0.15, -0.1) is 0 Å². The van der Waals surface area contributed by atoms with Gasteiger partial charge in [-0.25, -0.2) is 0 Å². The summed E-state index contributed by atoms with van der Waals surface area (Å²) in [5, 5.41) is 3.81. The lowest BCUT2D eigenvalue weighted by molar-refractivity contribution is 0.0676. The number of carbonyl (C=O) groups is 1. The van der Waals surface area contributed by atoms with Gasteiger partial charge in [0.25, 0.3) is 5.91 Å². The van der Waals surface area contributed by atoms with Gasteiger partial charge in [0.05, 0.1) is 37.7 Å². The summed E-state index contributed by atoms with van der Waals surface area (Å²) in [6, 6.07) is 15.8. The van der Waals surface area contributed by atoms with Crippen molar-refractivity contribution in [2.24, 2.45) is 0 Å². The van der Waals surface area contributed by atoms with Gasteiger partial charge in [-0.3, -0.25) is 4.79 Å². The third-order valence-electron chi connectivity index (χ3n) is 6.69. The predicted octanol–water partition coefficient (Wildman–Crippen LogP) is 4.45. The zero-order valence-electron chi connectivity index (χ0n) is 19.3. The Morgan fingerprint density at radius 3 is 2.55 bits per heavy atom. The number of rotatable bonds is 5. The number of benzene rings is 2. The Hall–Kier alpha value is -3.61. The highest BCUT2D eigenvalue weighted by Crippen LogP contribution is 2.44. The maximum absolute atomic E-state index is 13.2. The molecule has 2 aliphatic rings. The standard InChI is InChI=1S/C26H29N3O4/c1-4-33-19-8-9-21-20(17-19)27-26(24-6-5-13-29(21)24)11-14-28(15-12-26)25(30)18-7-10-22(31-2)23(16-18)32-3/h5-10,13,16-17,27H,4,11-12,14-15H2,1-3H3. The number of aromatic nitrogens is 1. The lowest BCUT2D eigenvalue weighted by atomic mass is 9.82. The smallest absolute Gasteiger partial charge is 0.253 e. The van der Waals surface area contributed by atoms with E-state index in [9.17, 15) is 4.79 Å². The van der Waals surface area contributed by atoms with E-state index in [0.717, 1.165) is 30.0 Å². The van der Waals surface area contributed by atoms with Gasteiger partial charge in [0.2, 0.25) is 0 Å². The molecule has 1 fully saturated rings. The largest absolute Gasteiger partial charge is 0.494 e. The first kappa shape index (κ1) is 21.2. The number of nitrogens with zero attached hydrogens (tertiary/aromatic N) is 2. The molecule has 2 aliphatic heterocycles. The number of nitrogens with one attached hydrogen (secondary N) is 1. The van der Waals surface area contributed by atoms with Crippen molar-refractivity contribution >= 4 is 11.6 Å². The normalized spacial score (nSPS) is 15.9. The third kappa shape index (κ3) is 3.57. The molecule has 7 heteroatoms. The van der Waals surface area contributed by atoms with E-state index in [1.165, 1.54) is 5.69 Å². The Morgan fingerprint density at radius 2 is 1.82 bits per heavy atom. The van der Waals surface area contributed by atoms with Gasteiger partial charge in [-0.2, -0.15) is 0 Å². The van der Waals surface area contributed by atoms with Gasteiger partial charge in [0, 0.05) is 36.6 Å². The van der Waals surface area contributed by atoms with Crippen molar-refractivity contribution in [2.75, 3.05) is 39.2 Å². The average Bonchev–Trinajstić information content (AvgIpc) is 3.35. The van der Waals surface area contributed by atoms with E-state index in [4.69, 9.17) is 14.2 Å². The molecule has 1 N–H and O–H groups in total. The fourth-order valence-corrected chi connectivity index (χ4v) is 5.01. The summed E-state index contributed by atoms with van der Waals surface area (Å²) in [4.78, 5) is 15.2. The number of carbonyl (C=O) groups excluding carboxylic acids is 1.